The lowest BCUT2D eigenvalue weighted by Gasteiger charge is -2.15. The summed E-state index contributed by atoms with van der Waals surface area (Å²) in [6.07, 6.45) is 6.89. The molecular weight excluding hydrogens is 286 g/mol. The van der Waals surface area contributed by atoms with E-state index < -0.39 is 0 Å². The van der Waals surface area contributed by atoms with Gasteiger partial charge in [-0.15, -0.1) is 11.3 Å². The first kappa shape index (κ1) is 13.8. The van der Waals surface area contributed by atoms with Crippen molar-refractivity contribution in [3.05, 3.63) is 57.5 Å². The van der Waals surface area contributed by atoms with E-state index in [4.69, 9.17) is 0 Å². The number of hydrogen-bond donors (Lipinski definition) is 0. The number of nitrogens with zero attached hydrogens (tertiary/aromatic N) is 5. The maximum absolute atomic E-state index is 12.0. The lowest BCUT2D eigenvalue weighted by Crippen LogP contribution is -2.21. The molecular formula is C14H15N5OS. The Morgan fingerprint density at radius 3 is 2.86 bits per heavy atom. The standard InChI is InChI=1S/C14H15N5OS/c1-10-7-19-13(20)5-11(17-14(19)21-10)8-18(2)9-12-6-15-3-4-16-12/h3-7H,8-9H2,1-2H3. The molecule has 0 amide bonds. The predicted molar refractivity (Wildman–Crippen MR) is 81.3 cm³/mol. The monoisotopic (exact) mass is 301 g/mol. The lowest BCUT2D eigenvalue weighted by atomic mass is 10.3. The third kappa shape index (κ3) is 3.14. The van der Waals surface area contributed by atoms with E-state index in [1.165, 1.54) is 11.3 Å². The Bertz CT molecular complexity index is 811. The van der Waals surface area contributed by atoms with Gasteiger partial charge in [-0.05, 0) is 14.0 Å². The minimum Gasteiger partial charge on any atom is -0.295 e. The number of thiazole rings is 1. The molecule has 3 rings (SSSR count). The summed E-state index contributed by atoms with van der Waals surface area (Å²) in [5, 5.41) is 0. The van der Waals surface area contributed by atoms with Crippen LogP contribution in [-0.4, -0.2) is 31.3 Å². The highest BCUT2D eigenvalue weighted by Crippen LogP contribution is 2.13. The van der Waals surface area contributed by atoms with Crippen molar-refractivity contribution in [2.75, 3.05) is 7.05 Å². The summed E-state index contributed by atoms with van der Waals surface area (Å²) in [5.74, 6) is 0. The highest BCUT2D eigenvalue weighted by molar-refractivity contribution is 7.16. The van der Waals surface area contributed by atoms with Gasteiger partial charge in [0, 0.05) is 48.8 Å². The fourth-order valence-corrected chi connectivity index (χ4v) is 3.01. The van der Waals surface area contributed by atoms with E-state index in [9.17, 15) is 4.79 Å². The number of hydrogen-bond acceptors (Lipinski definition) is 6. The topological polar surface area (TPSA) is 63.4 Å². The SMILES string of the molecule is Cc1cn2c(=O)cc(CN(C)Cc3cnccn3)nc2s1. The first-order chi connectivity index (χ1) is 10.1. The molecule has 3 aromatic heterocycles. The summed E-state index contributed by atoms with van der Waals surface area (Å²) in [4.78, 5) is 28.7. The molecule has 0 unspecified atom stereocenters. The van der Waals surface area contributed by atoms with Crippen LogP contribution in [0.4, 0.5) is 0 Å². The summed E-state index contributed by atoms with van der Waals surface area (Å²) >= 11 is 1.52. The molecule has 0 spiro atoms. The van der Waals surface area contributed by atoms with Crippen molar-refractivity contribution in [1.29, 1.82) is 0 Å². The Balaban J connectivity index is 1.79. The van der Waals surface area contributed by atoms with Crippen LogP contribution in [0.25, 0.3) is 4.96 Å². The zero-order chi connectivity index (χ0) is 14.8. The van der Waals surface area contributed by atoms with E-state index in [1.54, 1.807) is 29.1 Å². The molecule has 3 heterocycles. The number of aromatic nitrogens is 4. The fraction of sp³-hybridized carbons (Fsp3) is 0.286. The molecule has 6 nitrogen and oxygen atoms in total. The predicted octanol–water partition coefficient (Wildman–Crippen LogP) is 1.49. The summed E-state index contributed by atoms with van der Waals surface area (Å²) in [6.45, 7) is 3.23. The molecule has 3 aromatic rings. The molecule has 0 saturated carbocycles. The summed E-state index contributed by atoms with van der Waals surface area (Å²) in [5.41, 5.74) is 1.63. The molecule has 0 aromatic carbocycles. The van der Waals surface area contributed by atoms with E-state index in [-0.39, 0.29) is 5.56 Å². The third-order valence-electron chi connectivity index (χ3n) is 3.02. The highest BCUT2D eigenvalue weighted by Gasteiger charge is 2.08. The quantitative estimate of drug-likeness (QED) is 0.730. The number of aryl methyl sites for hydroxylation is 1. The Morgan fingerprint density at radius 1 is 1.29 bits per heavy atom. The third-order valence-corrected chi connectivity index (χ3v) is 3.91. The average Bonchev–Trinajstić information content (AvgIpc) is 2.81. The molecule has 0 aliphatic carbocycles. The Morgan fingerprint density at radius 2 is 2.10 bits per heavy atom. The van der Waals surface area contributed by atoms with Crippen LogP contribution < -0.4 is 5.56 Å². The Kier molecular flexibility index (Phi) is 3.76. The first-order valence-electron chi connectivity index (χ1n) is 6.54. The molecule has 0 atom stereocenters. The normalized spacial score (nSPS) is 11.4. The second-order valence-electron chi connectivity index (χ2n) is 4.95. The van der Waals surface area contributed by atoms with E-state index in [0.29, 0.717) is 13.1 Å². The van der Waals surface area contributed by atoms with Crippen LogP contribution in [0.15, 0.2) is 35.6 Å². The van der Waals surface area contributed by atoms with E-state index in [2.05, 4.69) is 19.9 Å². The van der Waals surface area contributed by atoms with Crippen LogP contribution in [0, 0.1) is 6.92 Å². The van der Waals surface area contributed by atoms with Crippen LogP contribution in [0.5, 0.6) is 0 Å². The van der Waals surface area contributed by atoms with Crippen molar-refractivity contribution >= 4 is 16.3 Å². The second kappa shape index (κ2) is 5.71. The van der Waals surface area contributed by atoms with Gasteiger partial charge in [-0.3, -0.25) is 24.1 Å². The smallest absolute Gasteiger partial charge is 0.258 e. The van der Waals surface area contributed by atoms with Crippen LogP contribution in [0.1, 0.15) is 16.3 Å². The Labute approximate surface area is 125 Å². The van der Waals surface area contributed by atoms with Gasteiger partial charge in [0.15, 0.2) is 4.96 Å². The van der Waals surface area contributed by atoms with Crippen molar-refractivity contribution in [3.8, 4) is 0 Å². The van der Waals surface area contributed by atoms with Gasteiger partial charge in [-0.25, -0.2) is 4.98 Å². The molecule has 21 heavy (non-hydrogen) atoms. The lowest BCUT2D eigenvalue weighted by molar-refractivity contribution is 0.311. The summed E-state index contributed by atoms with van der Waals surface area (Å²) in [7, 11) is 1.97. The molecule has 0 aliphatic rings. The van der Waals surface area contributed by atoms with Crippen molar-refractivity contribution in [3.63, 3.8) is 0 Å². The molecule has 0 fully saturated rings. The van der Waals surface area contributed by atoms with Gasteiger partial charge in [0.1, 0.15) is 0 Å². The second-order valence-corrected chi connectivity index (χ2v) is 6.16. The van der Waals surface area contributed by atoms with Gasteiger partial charge >= 0.3 is 0 Å². The van der Waals surface area contributed by atoms with Crippen molar-refractivity contribution in [2.45, 2.75) is 20.0 Å². The molecule has 7 heteroatoms. The number of rotatable bonds is 4. The van der Waals surface area contributed by atoms with Gasteiger partial charge in [0.2, 0.25) is 0 Å². The van der Waals surface area contributed by atoms with Crippen LogP contribution in [-0.2, 0) is 13.1 Å². The van der Waals surface area contributed by atoms with Crippen molar-refractivity contribution in [1.82, 2.24) is 24.3 Å². The largest absolute Gasteiger partial charge is 0.295 e. The van der Waals surface area contributed by atoms with Gasteiger partial charge < -0.3 is 0 Å². The van der Waals surface area contributed by atoms with Crippen LogP contribution in [0.3, 0.4) is 0 Å². The Hall–Kier alpha value is -2.12. The number of fused-ring (bicyclic) bond motifs is 1. The summed E-state index contributed by atoms with van der Waals surface area (Å²) in [6, 6.07) is 1.59. The van der Waals surface area contributed by atoms with E-state index >= 15 is 0 Å². The van der Waals surface area contributed by atoms with Crippen molar-refractivity contribution < 1.29 is 0 Å². The van der Waals surface area contributed by atoms with Gasteiger partial charge in [0.05, 0.1) is 11.4 Å². The molecule has 0 bridgehead atoms. The molecule has 0 aliphatic heterocycles. The van der Waals surface area contributed by atoms with E-state index in [0.717, 1.165) is 21.2 Å². The zero-order valence-electron chi connectivity index (χ0n) is 11.9. The van der Waals surface area contributed by atoms with E-state index in [1.807, 2.05) is 20.2 Å². The maximum atomic E-state index is 12.0. The van der Waals surface area contributed by atoms with Crippen LogP contribution >= 0.6 is 11.3 Å². The summed E-state index contributed by atoms with van der Waals surface area (Å²) < 4.78 is 1.59. The minimum atomic E-state index is -0.0350. The fourth-order valence-electron chi connectivity index (χ4n) is 2.16. The molecule has 0 radical (unpaired) electrons. The van der Waals surface area contributed by atoms with Crippen LogP contribution in [0.2, 0.25) is 0 Å². The van der Waals surface area contributed by atoms with Gasteiger partial charge in [-0.2, -0.15) is 0 Å². The maximum Gasteiger partial charge on any atom is 0.258 e. The highest BCUT2D eigenvalue weighted by atomic mass is 32.1. The van der Waals surface area contributed by atoms with Gasteiger partial charge in [-0.1, -0.05) is 0 Å². The average molecular weight is 301 g/mol. The molecule has 108 valence electrons. The minimum absolute atomic E-state index is 0.0350. The molecule has 0 N–H and O–H groups in total. The van der Waals surface area contributed by atoms with Crippen molar-refractivity contribution in [2.24, 2.45) is 0 Å². The zero-order valence-corrected chi connectivity index (χ0v) is 12.7. The van der Waals surface area contributed by atoms with Gasteiger partial charge in [0.25, 0.3) is 5.56 Å². The molecule has 0 saturated heterocycles. The first-order valence-corrected chi connectivity index (χ1v) is 7.35.